The van der Waals surface area contributed by atoms with Crippen LogP contribution in [0, 0.1) is 17.8 Å². The molecule has 6 rings (SSSR count). The number of thiophene rings is 1. The monoisotopic (exact) mass is 631 g/mol. The van der Waals surface area contributed by atoms with Gasteiger partial charge in [-0.3, -0.25) is 14.5 Å². The summed E-state index contributed by atoms with van der Waals surface area (Å²) in [6, 6.07) is 19.2. The van der Waals surface area contributed by atoms with E-state index in [1.165, 1.54) is 4.90 Å². The van der Waals surface area contributed by atoms with Crippen molar-refractivity contribution in [3.8, 4) is 5.75 Å². The Balaban J connectivity index is 1.28. The van der Waals surface area contributed by atoms with Gasteiger partial charge in [-0.2, -0.15) is 0 Å². The van der Waals surface area contributed by atoms with Crippen LogP contribution in [0.15, 0.2) is 81.7 Å². The third-order valence-electron chi connectivity index (χ3n) is 8.58. The molecule has 4 atom stereocenters. The zero-order valence-electron chi connectivity index (χ0n) is 22.7. The van der Waals surface area contributed by atoms with Crippen molar-refractivity contribution in [1.29, 1.82) is 0 Å². The van der Waals surface area contributed by atoms with E-state index >= 15 is 0 Å². The quantitative estimate of drug-likeness (QED) is 0.134. The number of likely N-dealkylation sites (tertiary alicyclic amines) is 1. The largest absolute Gasteiger partial charge is 0.507 e. The van der Waals surface area contributed by atoms with E-state index in [9.17, 15) is 19.7 Å². The lowest BCUT2D eigenvalue weighted by Gasteiger charge is -2.42. The molecule has 3 aromatic rings. The number of benzene rings is 2. The fourth-order valence-corrected chi connectivity index (χ4v) is 7.84. The van der Waals surface area contributed by atoms with Gasteiger partial charge in [0.25, 0.3) is 0 Å². The van der Waals surface area contributed by atoms with Gasteiger partial charge in [-0.25, -0.2) is 0 Å². The number of amides is 2. The number of phenolic OH excluding ortho intramolecular Hbond substituents is 1. The molecule has 6 nitrogen and oxygen atoms in total. The van der Waals surface area contributed by atoms with Crippen LogP contribution in [0.25, 0.3) is 11.6 Å². The first-order valence-corrected chi connectivity index (χ1v) is 15.6. The molecule has 1 aliphatic carbocycles. The van der Waals surface area contributed by atoms with Crippen molar-refractivity contribution in [1.82, 2.24) is 4.90 Å². The number of rotatable bonds is 7. The van der Waals surface area contributed by atoms with E-state index in [1.54, 1.807) is 23.5 Å². The normalized spacial score (nSPS) is 24.6. The number of aromatic hydroxyl groups is 1. The van der Waals surface area contributed by atoms with Crippen LogP contribution in [0.3, 0.4) is 0 Å². The maximum Gasteiger partial charge on any atom is 0.455 e. The molecule has 2 amide bonds. The molecule has 2 N–H and O–H groups in total. The zero-order valence-corrected chi connectivity index (χ0v) is 25.1. The number of hydrogen-bond donors (Lipinski definition) is 2. The van der Waals surface area contributed by atoms with Gasteiger partial charge in [0, 0.05) is 14.9 Å². The Bertz CT molecular complexity index is 1520. The van der Waals surface area contributed by atoms with Crippen LogP contribution in [0.2, 0.25) is 6.32 Å². The van der Waals surface area contributed by atoms with Crippen LogP contribution in [0.5, 0.6) is 5.75 Å². The average molecular weight is 632 g/mol. The van der Waals surface area contributed by atoms with E-state index in [-0.39, 0.29) is 35.5 Å². The number of allylic oxidation sites excluding steroid dienone is 2. The highest BCUT2D eigenvalue weighted by Crippen LogP contribution is 2.51. The third kappa shape index (κ3) is 5.60. The van der Waals surface area contributed by atoms with Gasteiger partial charge >= 0.3 is 7.12 Å². The summed E-state index contributed by atoms with van der Waals surface area (Å²) in [5.41, 5.74) is 4.92. The van der Waals surface area contributed by atoms with Crippen molar-refractivity contribution in [3.05, 3.63) is 97.7 Å². The van der Waals surface area contributed by atoms with Gasteiger partial charge in [-0.05, 0) is 90.9 Å². The molecule has 0 unspecified atom stereocenters. The van der Waals surface area contributed by atoms with Crippen molar-refractivity contribution in [3.63, 3.8) is 0 Å². The van der Waals surface area contributed by atoms with Crippen molar-refractivity contribution >= 4 is 57.8 Å². The molecule has 2 fully saturated rings. The molecule has 2 saturated heterocycles. The summed E-state index contributed by atoms with van der Waals surface area (Å²) in [5.74, 6) is -1.13. The van der Waals surface area contributed by atoms with Crippen LogP contribution >= 0.6 is 27.3 Å². The first-order chi connectivity index (χ1) is 19.8. The van der Waals surface area contributed by atoms with Gasteiger partial charge < -0.3 is 14.8 Å². The number of halogens is 1. The molecular formula is C32H31BBrNO5S. The third-order valence-corrected chi connectivity index (χ3v) is 9.93. The second kappa shape index (κ2) is 11.7. The lowest BCUT2D eigenvalue weighted by Crippen LogP contribution is -2.46. The highest BCUT2D eigenvalue weighted by Gasteiger charge is 2.56. The highest BCUT2D eigenvalue weighted by molar-refractivity contribution is 9.10. The average Bonchev–Trinajstić information content (AvgIpc) is 3.56. The van der Waals surface area contributed by atoms with Gasteiger partial charge in [-0.15, -0.1) is 11.3 Å². The molecule has 41 heavy (non-hydrogen) atoms. The SMILES string of the molecule is CC1=C2[C@@H](CC/C(=C/c3cc(Br)ccc3O)c3ccccc3)OB(O)C[C@@H]2[C@@H]2C(=O)N(Cc3cccs3)C(=O)[C@@H]2C1. The van der Waals surface area contributed by atoms with Crippen molar-refractivity contribution in [2.24, 2.45) is 17.8 Å². The maximum atomic E-state index is 13.7. The Morgan fingerprint density at radius 2 is 1.93 bits per heavy atom. The second-order valence-electron chi connectivity index (χ2n) is 11.1. The smallest absolute Gasteiger partial charge is 0.455 e. The van der Waals surface area contributed by atoms with Gasteiger partial charge in [0.1, 0.15) is 5.75 Å². The van der Waals surface area contributed by atoms with Crippen LogP contribution in [-0.4, -0.2) is 40.1 Å². The van der Waals surface area contributed by atoms with Gasteiger partial charge in [0.2, 0.25) is 11.8 Å². The minimum Gasteiger partial charge on any atom is -0.507 e. The van der Waals surface area contributed by atoms with Crippen LogP contribution in [0.1, 0.15) is 42.2 Å². The Kier molecular flexibility index (Phi) is 8.05. The maximum absolute atomic E-state index is 13.7. The Morgan fingerprint density at radius 3 is 2.68 bits per heavy atom. The van der Waals surface area contributed by atoms with E-state index < -0.39 is 13.0 Å². The molecule has 210 valence electrons. The molecule has 0 radical (unpaired) electrons. The number of carbonyl (C=O) groups is 2. The van der Waals surface area contributed by atoms with E-state index in [0.717, 1.165) is 31.6 Å². The van der Waals surface area contributed by atoms with Gasteiger partial charge in [0.05, 0.1) is 24.5 Å². The van der Waals surface area contributed by atoms with E-state index in [1.807, 2.05) is 66.9 Å². The summed E-state index contributed by atoms with van der Waals surface area (Å²) < 4.78 is 7.01. The molecular weight excluding hydrogens is 601 g/mol. The fraction of sp³-hybridized carbons (Fsp3) is 0.312. The molecule has 9 heteroatoms. The van der Waals surface area contributed by atoms with Crippen molar-refractivity contribution in [2.75, 3.05) is 0 Å². The van der Waals surface area contributed by atoms with Crippen molar-refractivity contribution in [2.45, 2.75) is 45.2 Å². The number of imide groups is 1. The summed E-state index contributed by atoms with van der Waals surface area (Å²) in [7, 11) is -1.01. The molecule has 2 aromatic carbocycles. The number of phenols is 1. The predicted molar refractivity (Wildman–Crippen MR) is 165 cm³/mol. The summed E-state index contributed by atoms with van der Waals surface area (Å²) in [5, 5.41) is 23.3. The second-order valence-corrected chi connectivity index (χ2v) is 13.1. The lowest BCUT2D eigenvalue weighted by molar-refractivity contribution is -0.140. The van der Waals surface area contributed by atoms with E-state index in [2.05, 4.69) is 15.9 Å². The van der Waals surface area contributed by atoms with E-state index in [0.29, 0.717) is 37.7 Å². The van der Waals surface area contributed by atoms with Gasteiger partial charge in [0.15, 0.2) is 0 Å². The van der Waals surface area contributed by atoms with Crippen LogP contribution in [-0.2, 0) is 20.8 Å². The molecule has 3 heterocycles. The zero-order chi connectivity index (χ0) is 28.7. The van der Waals surface area contributed by atoms with Gasteiger partial charge in [-0.1, -0.05) is 57.9 Å². The van der Waals surface area contributed by atoms with Crippen LogP contribution in [0.4, 0.5) is 0 Å². The number of hydrogen-bond acceptors (Lipinski definition) is 6. The Labute approximate surface area is 252 Å². The number of nitrogens with zero attached hydrogens (tertiary/aromatic N) is 1. The summed E-state index contributed by atoms with van der Waals surface area (Å²) in [6.07, 6.45) is 3.68. The molecule has 3 aliphatic rings. The molecule has 0 spiro atoms. The Hall–Kier alpha value is -2.98. The molecule has 0 saturated carbocycles. The lowest BCUT2D eigenvalue weighted by atomic mass is 9.58. The molecule has 1 aromatic heterocycles. The topological polar surface area (TPSA) is 87.1 Å². The first kappa shape index (κ1) is 28.2. The minimum atomic E-state index is -1.01. The minimum absolute atomic E-state index is 0.104. The highest BCUT2D eigenvalue weighted by atomic mass is 79.9. The Morgan fingerprint density at radius 1 is 1.12 bits per heavy atom. The molecule has 2 aliphatic heterocycles. The van der Waals surface area contributed by atoms with Crippen molar-refractivity contribution < 1.29 is 24.4 Å². The first-order valence-electron chi connectivity index (χ1n) is 14.0. The standard InChI is InChI=1S/C32H31BBrNO5S/c1-19-14-25-30(32(38)35(31(25)37)18-24-8-5-13-41-24)26-17-33(39)40-28(29(19)26)12-9-21(20-6-3-2-4-7-20)15-22-16-23(34)10-11-27(22)36/h2-8,10-11,13,15-16,25-26,28,30,36,39H,9,12,14,17-18H2,1H3/b21-15-/t25-,26+,28-,30-/m1/s1. The van der Waals surface area contributed by atoms with Crippen LogP contribution < -0.4 is 0 Å². The van der Waals surface area contributed by atoms with E-state index in [4.69, 9.17) is 4.65 Å². The number of carbonyl (C=O) groups excluding carboxylic acids is 2. The summed E-state index contributed by atoms with van der Waals surface area (Å²) in [6.45, 7) is 2.35. The predicted octanol–water partition coefficient (Wildman–Crippen LogP) is 6.55. The summed E-state index contributed by atoms with van der Waals surface area (Å²) >= 11 is 5.04. The summed E-state index contributed by atoms with van der Waals surface area (Å²) in [4.78, 5) is 29.5. The fourth-order valence-electron chi connectivity index (χ4n) is 6.77. The molecule has 0 bridgehead atoms. The number of fused-ring (bicyclic) bond motifs is 3.